The standard InChI is InChI=1S/C16H19NO4.C9H6O2/c1-4-11-12-8-7-10(17(5-2)6-3)9-13(12)21-16(20)14(11)15(18)19;10-9-6-5-7-3-1-2-4-8(7)11-9/h7-9H,4-6H2,1-3H3,(H,18,19);1-6H. The van der Waals surface area contributed by atoms with Crippen molar-refractivity contribution in [1.29, 1.82) is 0 Å². The number of benzene rings is 2. The largest absolute Gasteiger partial charge is 0.477 e. The summed E-state index contributed by atoms with van der Waals surface area (Å²) in [5.41, 5.74) is 1.21. The number of aromatic carboxylic acids is 1. The topological polar surface area (TPSA) is 101 Å². The van der Waals surface area contributed by atoms with Crippen LogP contribution in [0.4, 0.5) is 5.69 Å². The Bertz CT molecular complexity index is 1360. The van der Waals surface area contributed by atoms with Gasteiger partial charge in [0.1, 0.15) is 16.7 Å². The van der Waals surface area contributed by atoms with Crippen LogP contribution in [0, 0.1) is 0 Å². The summed E-state index contributed by atoms with van der Waals surface area (Å²) in [5.74, 6) is -1.24. The Kier molecular flexibility index (Phi) is 7.10. The van der Waals surface area contributed by atoms with Crippen LogP contribution >= 0.6 is 0 Å². The van der Waals surface area contributed by atoms with E-state index in [4.69, 9.17) is 8.83 Å². The summed E-state index contributed by atoms with van der Waals surface area (Å²) in [6, 6.07) is 16.2. The van der Waals surface area contributed by atoms with Gasteiger partial charge in [-0.1, -0.05) is 25.1 Å². The van der Waals surface area contributed by atoms with E-state index in [1.807, 2.05) is 37.3 Å². The molecule has 0 unspecified atom stereocenters. The van der Waals surface area contributed by atoms with E-state index in [-0.39, 0.29) is 11.2 Å². The molecule has 4 aromatic rings. The summed E-state index contributed by atoms with van der Waals surface area (Å²) in [4.78, 5) is 36.0. The van der Waals surface area contributed by atoms with Crippen LogP contribution in [0.3, 0.4) is 0 Å². The Hall–Kier alpha value is -3.87. The number of fused-ring (bicyclic) bond motifs is 2. The van der Waals surface area contributed by atoms with E-state index >= 15 is 0 Å². The van der Waals surface area contributed by atoms with Gasteiger partial charge >= 0.3 is 17.2 Å². The molecule has 0 saturated carbocycles. The van der Waals surface area contributed by atoms with Gasteiger partial charge in [0.2, 0.25) is 0 Å². The fraction of sp³-hybridized carbons (Fsp3) is 0.240. The maximum Gasteiger partial charge on any atom is 0.351 e. The van der Waals surface area contributed by atoms with E-state index in [0.717, 1.165) is 24.2 Å². The zero-order chi connectivity index (χ0) is 23.3. The quantitative estimate of drug-likeness (QED) is 0.454. The van der Waals surface area contributed by atoms with E-state index in [1.54, 1.807) is 18.2 Å². The number of carbonyl (C=O) groups is 1. The number of carboxylic acids is 1. The molecule has 4 rings (SSSR count). The second-order valence-electron chi connectivity index (χ2n) is 7.05. The SMILES string of the molecule is CCc1c(C(=O)O)c(=O)oc2cc(N(CC)CC)ccc12.O=c1ccc2ccccc2o1. The van der Waals surface area contributed by atoms with Crippen molar-refractivity contribution in [2.24, 2.45) is 0 Å². The van der Waals surface area contributed by atoms with E-state index < -0.39 is 11.6 Å². The van der Waals surface area contributed by atoms with Crippen molar-refractivity contribution in [3.8, 4) is 0 Å². The zero-order valence-electron chi connectivity index (χ0n) is 18.3. The van der Waals surface area contributed by atoms with Gasteiger partial charge in [-0.15, -0.1) is 0 Å². The summed E-state index contributed by atoms with van der Waals surface area (Å²) in [6.07, 6.45) is 0.467. The van der Waals surface area contributed by atoms with Crippen molar-refractivity contribution in [2.45, 2.75) is 27.2 Å². The molecule has 2 aromatic carbocycles. The highest BCUT2D eigenvalue weighted by Crippen LogP contribution is 2.26. The van der Waals surface area contributed by atoms with Crippen molar-refractivity contribution >= 4 is 33.6 Å². The first kappa shape index (κ1) is 22.8. The summed E-state index contributed by atoms with van der Waals surface area (Å²) in [7, 11) is 0. The van der Waals surface area contributed by atoms with Crippen LogP contribution in [0.2, 0.25) is 0 Å². The maximum atomic E-state index is 11.9. The van der Waals surface area contributed by atoms with Crippen molar-refractivity contribution in [2.75, 3.05) is 18.0 Å². The second-order valence-corrected chi connectivity index (χ2v) is 7.05. The summed E-state index contributed by atoms with van der Waals surface area (Å²) >= 11 is 0. The number of hydrogen-bond donors (Lipinski definition) is 1. The number of aryl methyl sites for hydroxylation is 1. The zero-order valence-corrected chi connectivity index (χ0v) is 18.3. The molecule has 0 spiro atoms. The third kappa shape index (κ3) is 4.72. The average molecular weight is 435 g/mol. The van der Waals surface area contributed by atoms with Crippen LogP contribution in [0.15, 0.2) is 73.0 Å². The molecule has 0 amide bonds. The molecule has 2 aromatic heterocycles. The third-order valence-corrected chi connectivity index (χ3v) is 5.22. The van der Waals surface area contributed by atoms with E-state index in [9.17, 15) is 19.5 Å². The molecule has 0 aliphatic heterocycles. The fourth-order valence-electron chi connectivity index (χ4n) is 3.63. The minimum Gasteiger partial charge on any atom is -0.477 e. The highest BCUT2D eigenvalue weighted by atomic mass is 16.4. The Balaban J connectivity index is 0.000000219. The molecular weight excluding hydrogens is 410 g/mol. The smallest absolute Gasteiger partial charge is 0.351 e. The molecule has 0 saturated heterocycles. The monoisotopic (exact) mass is 435 g/mol. The van der Waals surface area contributed by atoms with Crippen LogP contribution in [0.1, 0.15) is 36.7 Å². The van der Waals surface area contributed by atoms with Crippen LogP contribution in [0.25, 0.3) is 21.9 Å². The van der Waals surface area contributed by atoms with Crippen LogP contribution in [-0.4, -0.2) is 24.2 Å². The van der Waals surface area contributed by atoms with Gasteiger partial charge in [-0.2, -0.15) is 0 Å². The Labute approximate surface area is 184 Å². The number of nitrogens with zero attached hydrogens (tertiary/aromatic N) is 1. The van der Waals surface area contributed by atoms with Crippen LogP contribution in [0.5, 0.6) is 0 Å². The second kappa shape index (κ2) is 9.96. The normalized spacial score (nSPS) is 10.6. The predicted molar refractivity (Wildman–Crippen MR) is 125 cm³/mol. The Morgan fingerprint density at radius 3 is 2.28 bits per heavy atom. The number of rotatable bonds is 5. The van der Waals surface area contributed by atoms with Crippen molar-refractivity contribution in [3.63, 3.8) is 0 Å². The molecule has 0 atom stereocenters. The van der Waals surface area contributed by atoms with Crippen molar-refractivity contribution in [3.05, 3.63) is 86.6 Å². The molecular formula is C25H25NO6. The predicted octanol–water partition coefficient (Wildman–Crippen LogP) is 4.69. The molecule has 7 heteroatoms. The lowest BCUT2D eigenvalue weighted by Gasteiger charge is -2.21. The fourth-order valence-corrected chi connectivity index (χ4v) is 3.63. The summed E-state index contributed by atoms with van der Waals surface area (Å²) < 4.78 is 10.1. The molecule has 2 heterocycles. The molecule has 32 heavy (non-hydrogen) atoms. The number of carboxylic acid groups (broad SMARTS) is 1. The summed E-state index contributed by atoms with van der Waals surface area (Å²) in [6.45, 7) is 7.63. The Morgan fingerprint density at radius 1 is 0.906 bits per heavy atom. The lowest BCUT2D eigenvalue weighted by Crippen LogP contribution is -2.22. The highest BCUT2D eigenvalue weighted by Gasteiger charge is 2.19. The molecule has 0 radical (unpaired) electrons. The first-order valence-corrected chi connectivity index (χ1v) is 10.5. The molecule has 0 aliphatic carbocycles. The van der Waals surface area contributed by atoms with Gasteiger partial charge < -0.3 is 18.8 Å². The van der Waals surface area contributed by atoms with Crippen LogP contribution in [-0.2, 0) is 6.42 Å². The lowest BCUT2D eigenvalue weighted by atomic mass is 10.0. The molecule has 0 fully saturated rings. The lowest BCUT2D eigenvalue weighted by molar-refractivity contribution is 0.0691. The number of anilines is 1. The molecule has 1 N–H and O–H groups in total. The van der Waals surface area contributed by atoms with E-state index in [0.29, 0.717) is 28.5 Å². The van der Waals surface area contributed by atoms with Gasteiger partial charge in [-0.25, -0.2) is 14.4 Å². The first-order chi connectivity index (χ1) is 15.4. The summed E-state index contributed by atoms with van der Waals surface area (Å²) in [5, 5.41) is 10.8. The van der Waals surface area contributed by atoms with Gasteiger partial charge in [-0.05, 0) is 50.1 Å². The van der Waals surface area contributed by atoms with Gasteiger partial charge in [0.15, 0.2) is 0 Å². The minimum atomic E-state index is -1.24. The average Bonchev–Trinajstić information content (AvgIpc) is 2.79. The highest BCUT2D eigenvalue weighted by molar-refractivity contribution is 5.95. The van der Waals surface area contributed by atoms with Crippen LogP contribution < -0.4 is 16.2 Å². The van der Waals surface area contributed by atoms with Gasteiger partial charge in [0, 0.05) is 41.7 Å². The van der Waals surface area contributed by atoms with Gasteiger partial charge in [0.25, 0.3) is 0 Å². The minimum absolute atomic E-state index is 0.263. The molecule has 0 aliphatic rings. The maximum absolute atomic E-state index is 11.9. The third-order valence-electron chi connectivity index (χ3n) is 5.22. The number of hydrogen-bond acceptors (Lipinski definition) is 6. The molecule has 0 bridgehead atoms. The molecule has 7 nitrogen and oxygen atoms in total. The Morgan fingerprint density at radius 2 is 1.62 bits per heavy atom. The van der Waals surface area contributed by atoms with Crippen molar-refractivity contribution < 1.29 is 18.7 Å². The van der Waals surface area contributed by atoms with E-state index in [1.165, 1.54) is 6.07 Å². The first-order valence-electron chi connectivity index (χ1n) is 10.5. The number of para-hydroxylation sites is 1. The molecule has 166 valence electrons. The van der Waals surface area contributed by atoms with E-state index in [2.05, 4.69) is 18.7 Å². The van der Waals surface area contributed by atoms with Gasteiger partial charge in [0.05, 0.1) is 0 Å². The van der Waals surface area contributed by atoms with Gasteiger partial charge in [-0.3, -0.25) is 0 Å². The van der Waals surface area contributed by atoms with Crippen molar-refractivity contribution in [1.82, 2.24) is 0 Å².